The van der Waals surface area contributed by atoms with Crippen LogP contribution >= 0.6 is 23.2 Å². The third-order valence-corrected chi connectivity index (χ3v) is 7.05. The molecule has 3 aromatic carbocycles. The first-order valence-electron chi connectivity index (χ1n) is 8.79. The molecule has 0 spiro atoms. The Bertz CT molecular complexity index is 1110. The molecule has 0 heterocycles. The zero-order valence-electron chi connectivity index (χ0n) is 15.9. The SMILES string of the molecule is Cc1ccc(S(=O)(=O)N(Cc2ccc(Cl)c(Cl)c2)c2ccc(C)cc2C)cc1. The van der Waals surface area contributed by atoms with E-state index in [4.69, 9.17) is 23.2 Å². The minimum Gasteiger partial charge on any atom is -0.262 e. The lowest BCUT2D eigenvalue weighted by Crippen LogP contribution is -2.31. The summed E-state index contributed by atoms with van der Waals surface area (Å²) in [4.78, 5) is 0.248. The predicted molar refractivity (Wildman–Crippen MR) is 117 cm³/mol. The Hall–Kier alpha value is -2.01. The van der Waals surface area contributed by atoms with Gasteiger partial charge in [0.2, 0.25) is 0 Å². The topological polar surface area (TPSA) is 37.4 Å². The molecule has 0 aliphatic rings. The number of anilines is 1. The maximum Gasteiger partial charge on any atom is 0.264 e. The highest BCUT2D eigenvalue weighted by atomic mass is 35.5. The second-order valence-electron chi connectivity index (χ2n) is 6.86. The molecule has 3 nitrogen and oxygen atoms in total. The summed E-state index contributed by atoms with van der Waals surface area (Å²) < 4.78 is 28.4. The molecule has 0 unspecified atom stereocenters. The zero-order valence-corrected chi connectivity index (χ0v) is 18.2. The lowest BCUT2D eigenvalue weighted by Gasteiger charge is -2.26. The fraction of sp³-hybridized carbons (Fsp3) is 0.182. The maximum absolute atomic E-state index is 13.5. The monoisotopic (exact) mass is 433 g/mol. The fourth-order valence-electron chi connectivity index (χ4n) is 3.03. The first kappa shape index (κ1) is 20.7. The van der Waals surface area contributed by atoms with Gasteiger partial charge in [-0.2, -0.15) is 0 Å². The second kappa shape index (κ2) is 8.16. The number of nitrogens with zero attached hydrogens (tertiary/aromatic N) is 1. The van der Waals surface area contributed by atoms with E-state index in [9.17, 15) is 8.42 Å². The van der Waals surface area contributed by atoms with E-state index in [-0.39, 0.29) is 11.4 Å². The summed E-state index contributed by atoms with van der Waals surface area (Å²) in [6.07, 6.45) is 0. The summed E-state index contributed by atoms with van der Waals surface area (Å²) in [5, 5.41) is 0.831. The van der Waals surface area contributed by atoms with Crippen LogP contribution in [-0.2, 0) is 16.6 Å². The van der Waals surface area contributed by atoms with E-state index < -0.39 is 10.0 Å². The van der Waals surface area contributed by atoms with Gasteiger partial charge < -0.3 is 0 Å². The Kier molecular flexibility index (Phi) is 6.04. The molecule has 3 aromatic rings. The number of halogens is 2. The van der Waals surface area contributed by atoms with E-state index in [0.29, 0.717) is 15.7 Å². The molecule has 0 aromatic heterocycles. The van der Waals surface area contributed by atoms with Crippen molar-refractivity contribution in [2.24, 2.45) is 0 Å². The summed E-state index contributed by atoms with van der Waals surface area (Å²) in [6.45, 7) is 5.97. The van der Waals surface area contributed by atoms with Crippen LogP contribution in [0, 0.1) is 20.8 Å². The fourth-order valence-corrected chi connectivity index (χ4v) is 4.86. The van der Waals surface area contributed by atoms with Gasteiger partial charge in [-0.1, -0.05) is 64.7 Å². The molecule has 0 amide bonds. The summed E-state index contributed by atoms with van der Waals surface area (Å²) in [6, 6.07) is 17.8. The summed E-state index contributed by atoms with van der Waals surface area (Å²) in [5.41, 5.74) is 4.35. The van der Waals surface area contributed by atoms with Gasteiger partial charge in [0.25, 0.3) is 10.0 Å². The average Bonchev–Trinajstić information content (AvgIpc) is 2.63. The molecule has 3 rings (SSSR count). The van der Waals surface area contributed by atoms with Gasteiger partial charge in [0.15, 0.2) is 0 Å². The number of hydrogen-bond donors (Lipinski definition) is 0. The van der Waals surface area contributed by atoms with Crippen molar-refractivity contribution in [3.05, 3.63) is 93.0 Å². The molecule has 0 N–H and O–H groups in total. The van der Waals surface area contributed by atoms with Crippen molar-refractivity contribution < 1.29 is 8.42 Å². The van der Waals surface area contributed by atoms with Crippen LogP contribution < -0.4 is 4.31 Å². The molecule has 28 heavy (non-hydrogen) atoms. The Morgan fingerprint density at radius 1 is 0.786 bits per heavy atom. The number of rotatable bonds is 5. The van der Waals surface area contributed by atoms with Crippen molar-refractivity contribution in [3.63, 3.8) is 0 Å². The van der Waals surface area contributed by atoms with Crippen LogP contribution in [0.25, 0.3) is 0 Å². The molecule has 6 heteroatoms. The third-order valence-electron chi connectivity index (χ3n) is 4.54. The summed E-state index contributed by atoms with van der Waals surface area (Å²) >= 11 is 12.2. The highest BCUT2D eigenvalue weighted by Crippen LogP contribution is 2.31. The Morgan fingerprint density at radius 3 is 2.04 bits per heavy atom. The molecule has 146 valence electrons. The number of aryl methyl sites for hydroxylation is 3. The van der Waals surface area contributed by atoms with E-state index >= 15 is 0 Å². The van der Waals surface area contributed by atoms with E-state index in [1.807, 2.05) is 39.0 Å². The normalized spacial score (nSPS) is 11.5. The highest BCUT2D eigenvalue weighted by Gasteiger charge is 2.26. The number of sulfonamides is 1. The van der Waals surface area contributed by atoms with Crippen LogP contribution in [0.1, 0.15) is 22.3 Å². The quantitative estimate of drug-likeness (QED) is 0.472. The van der Waals surface area contributed by atoms with Crippen LogP contribution in [0.15, 0.2) is 65.6 Å². The molecule has 0 aliphatic carbocycles. The van der Waals surface area contributed by atoms with Gasteiger partial charge >= 0.3 is 0 Å². The number of benzene rings is 3. The lowest BCUT2D eigenvalue weighted by atomic mass is 10.1. The van der Waals surface area contributed by atoms with Gasteiger partial charge in [-0.25, -0.2) is 8.42 Å². The van der Waals surface area contributed by atoms with Crippen LogP contribution in [0.2, 0.25) is 10.0 Å². The molecule has 0 aliphatic heterocycles. The smallest absolute Gasteiger partial charge is 0.262 e. The molecular weight excluding hydrogens is 413 g/mol. The minimum atomic E-state index is -3.77. The molecule has 0 radical (unpaired) electrons. The van der Waals surface area contributed by atoms with Crippen molar-refractivity contribution >= 4 is 38.9 Å². The van der Waals surface area contributed by atoms with E-state index in [1.54, 1.807) is 42.5 Å². The number of hydrogen-bond acceptors (Lipinski definition) is 2. The largest absolute Gasteiger partial charge is 0.264 e. The van der Waals surface area contributed by atoms with Gasteiger partial charge in [-0.05, 0) is 62.2 Å². The van der Waals surface area contributed by atoms with Crippen molar-refractivity contribution in [3.8, 4) is 0 Å². The molecular formula is C22H21Cl2NO2S. The van der Waals surface area contributed by atoms with E-state index in [1.165, 1.54) is 4.31 Å². The van der Waals surface area contributed by atoms with Crippen molar-refractivity contribution in [1.82, 2.24) is 0 Å². The Balaban J connectivity index is 2.13. The molecule has 0 fully saturated rings. The van der Waals surface area contributed by atoms with Gasteiger partial charge in [0.05, 0.1) is 27.2 Å². The van der Waals surface area contributed by atoms with Crippen LogP contribution in [0.3, 0.4) is 0 Å². The average molecular weight is 434 g/mol. The zero-order chi connectivity index (χ0) is 20.5. The van der Waals surface area contributed by atoms with Gasteiger partial charge in [0, 0.05) is 0 Å². The van der Waals surface area contributed by atoms with Gasteiger partial charge in [0.1, 0.15) is 0 Å². The molecule has 0 saturated heterocycles. The van der Waals surface area contributed by atoms with Crippen molar-refractivity contribution in [2.75, 3.05) is 4.31 Å². The lowest BCUT2D eigenvalue weighted by molar-refractivity contribution is 0.590. The minimum absolute atomic E-state index is 0.150. The molecule has 0 atom stereocenters. The summed E-state index contributed by atoms with van der Waals surface area (Å²) in [5.74, 6) is 0. The predicted octanol–water partition coefficient (Wildman–Crippen LogP) is 6.31. The summed E-state index contributed by atoms with van der Waals surface area (Å²) in [7, 11) is -3.77. The van der Waals surface area contributed by atoms with E-state index in [0.717, 1.165) is 22.3 Å². The molecule has 0 saturated carbocycles. The first-order chi connectivity index (χ1) is 13.2. The van der Waals surface area contributed by atoms with Crippen molar-refractivity contribution in [1.29, 1.82) is 0 Å². The van der Waals surface area contributed by atoms with Gasteiger partial charge in [-0.15, -0.1) is 0 Å². The van der Waals surface area contributed by atoms with Crippen LogP contribution in [0.4, 0.5) is 5.69 Å². The standard InChI is InChI=1S/C22H21Cl2NO2S/c1-15-4-8-19(9-5-15)28(26,27)25(22-11-6-16(2)12-17(22)3)14-18-7-10-20(23)21(24)13-18/h4-13H,14H2,1-3H3. The molecule has 0 bridgehead atoms. The van der Waals surface area contributed by atoms with E-state index in [2.05, 4.69) is 0 Å². The maximum atomic E-state index is 13.5. The van der Waals surface area contributed by atoms with Crippen molar-refractivity contribution in [2.45, 2.75) is 32.2 Å². The first-order valence-corrected chi connectivity index (χ1v) is 11.0. The van der Waals surface area contributed by atoms with Gasteiger partial charge in [-0.3, -0.25) is 4.31 Å². The third kappa shape index (κ3) is 4.35. The van der Waals surface area contributed by atoms with Crippen LogP contribution in [0.5, 0.6) is 0 Å². The second-order valence-corrected chi connectivity index (χ2v) is 9.54. The highest BCUT2D eigenvalue weighted by molar-refractivity contribution is 7.92. The Labute approximate surface area is 176 Å². The Morgan fingerprint density at radius 2 is 1.43 bits per heavy atom. The van der Waals surface area contributed by atoms with Crippen LogP contribution in [-0.4, -0.2) is 8.42 Å².